The van der Waals surface area contributed by atoms with Gasteiger partial charge in [0.1, 0.15) is 0 Å². The molecule has 0 spiro atoms. The fourth-order valence-electron chi connectivity index (χ4n) is 1.84. The van der Waals surface area contributed by atoms with Crippen molar-refractivity contribution in [1.29, 1.82) is 0 Å². The molecule has 6 nitrogen and oxygen atoms in total. The molecule has 0 saturated carbocycles. The number of morpholine rings is 1. The van der Waals surface area contributed by atoms with E-state index in [2.05, 4.69) is 4.74 Å². The van der Waals surface area contributed by atoms with Gasteiger partial charge in [-0.15, -0.1) is 0 Å². The molecular weight excluding hydrogens is 236 g/mol. The Labute approximate surface area is 108 Å². The van der Waals surface area contributed by atoms with E-state index in [9.17, 15) is 9.59 Å². The molecule has 0 bridgehead atoms. The number of carbonyl (C=O) groups is 2. The second-order valence-corrected chi connectivity index (χ2v) is 4.59. The molecule has 0 aromatic carbocycles. The van der Waals surface area contributed by atoms with Crippen molar-refractivity contribution in [3.63, 3.8) is 0 Å². The van der Waals surface area contributed by atoms with Crippen LogP contribution in [0.5, 0.6) is 0 Å². The summed E-state index contributed by atoms with van der Waals surface area (Å²) in [4.78, 5) is 26.6. The van der Waals surface area contributed by atoms with E-state index < -0.39 is 0 Å². The second kappa shape index (κ2) is 7.33. The first-order valence-electron chi connectivity index (χ1n) is 6.17. The molecule has 1 aliphatic heterocycles. The van der Waals surface area contributed by atoms with Crippen molar-refractivity contribution in [2.24, 2.45) is 0 Å². The van der Waals surface area contributed by atoms with Gasteiger partial charge in [-0.3, -0.25) is 14.5 Å². The third-order valence-electron chi connectivity index (χ3n) is 2.92. The van der Waals surface area contributed by atoms with Gasteiger partial charge < -0.3 is 14.4 Å². The molecule has 0 radical (unpaired) electrons. The molecule has 1 atom stereocenters. The van der Waals surface area contributed by atoms with Gasteiger partial charge in [0.2, 0.25) is 5.91 Å². The molecule has 1 fully saturated rings. The van der Waals surface area contributed by atoms with E-state index in [0.717, 1.165) is 0 Å². The fraction of sp³-hybridized carbons (Fsp3) is 0.833. The fourth-order valence-corrected chi connectivity index (χ4v) is 1.84. The third-order valence-corrected chi connectivity index (χ3v) is 2.92. The Morgan fingerprint density at radius 1 is 1.50 bits per heavy atom. The number of likely N-dealkylation sites (N-methyl/N-ethyl adjacent to an activating group) is 1. The van der Waals surface area contributed by atoms with Crippen molar-refractivity contribution in [3.05, 3.63) is 0 Å². The third kappa shape index (κ3) is 5.01. The van der Waals surface area contributed by atoms with Gasteiger partial charge in [0, 0.05) is 19.6 Å². The maximum Gasteiger partial charge on any atom is 0.306 e. The Bertz CT molecular complexity index is 296. The van der Waals surface area contributed by atoms with E-state index >= 15 is 0 Å². The minimum Gasteiger partial charge on any atom is -0.469 e. The van der Waals surface area contributed by atoms with Crippen LogP contribution in [0.15, 0.2) is 0 Å². The van der Waals surface area contributed by atoms with Crippen LogP contribution in [-0.4, -0.2) is 74.7 Å². The van der Waals surface area contributed by atoms with Crippen LogP contribution < -0.4 is 0 Å². The summed E-state index contributed by atoms with van der Waals surface area (Å²) in [5.41, 5.74) is 0. The number of esters is 1. The van der Waals surface area contributed by atoms with Crippen LogP contribution in [0.3, 0.4) is 0 Å². The largest absolute Gasteiger partial charge is 0.469 e. The van der Waals surface area contributed by atoms with E-state index in [1.165, 1.54) is 7.11 Å². The average Bonchev–Trinajstić information content (AvgIpc) is 2.35. The van der Waals surface area contributed by atoms with Crippen LogP contribution in [0.1, 0.15) is 13.3 Å². The Morgan fingerprint density at radius 2 is 2.22 bits per heavy atom. The highest BCUT2D eigenvalue weighted by Crippen LogP contribution is 2.05. The Hall–Kier alpha value is -1.14. The Morgan fingerprint density at radius 3 is 2.83 bits per heavy atom. The van der Waals surface area contributed by atoms with Crippen LogP contribution in [0.2, 0.25) is 0 Å². The van der Waals surface area contributed by atoms with Crippen LogP contribution in [-0.2, 0) is 19.1 Å². The van der Waals surface area contributed by atoms with Crippen molar-refractivity contribution >= 4 is 11.9 Å². The van der Waals surface area contributed by atoms with E-state index in [4.69, 9.17) is 4.74 Å². The Balaban J connectivity index is 2.28. The first-order chi connectivity index (χ1) is 8.52. The van der Waals surface area contributed by atoms with Crippen molar-refractivity contribution in [1.82, 2.24) is 9.80 Å². The van der Waals surface area contributed by atoms with Gasteiger partial charge in [-0.1, -0.05) is 0 Å². The summed E-state index contributed by atoms with van der Waals surface area (Å²) in [6.45, 7) is 4.69. The normalized spacial score (nSPS) is 20.0. The average molecular weight is 258 g/mol. The van der Waals surface area contributed by atoms with Crippen LogP contribution in [0.4, 0.5) is 0 Å². The molecular formula is C12H22N2O4. The molecule has 1 amide bonds. The zero-order valence-electron chi connectivity index (χ0n) is 11.3. The number of hydrogen-bond donors (Lipinski definition) is 0. The SMILES string of the molecule is COC(=O)CCN(C)CC(=O)N1CCOC(C)C1. The van der Waals surface area contributed by atoms with Crippen LogP contribution in [0, 0.1) is 0 Å². The quantitative estimate of drug-likeness (QED) is 0.635. The lowest BCUT2D eigenvalue weighted by molar-refractivity contribution is -0.142. The highest BCUT2D eigenvalue weighted by molar-refractivity contribution is 5.78. The van der Waals surface area contributed by atoms with Gasteiger partial charge in [-0.05, 0) is 14.0 Å². The molecule has 18 heavy (non-hydrogen) atoms. The van der Waals surface area contributed by atoms with E-state index in [1.807, 2.05) is 23.8 Å². The number of rotatable bonds is 5. The summed E-state index contributed by atoms with van der Waals surface area (Å²) in [5, 5.41) is 0. The predicted molar refractivity (Wildman–Crippen MR) is 66.1 cm³/mol. The predicted octanol–water partition coefficient (Wildman–Crippen LogP) is -0.271. The lowest BCUT2D eigenvalue weighted by Crippen LogP contribution is -2.48. The summed E-state index contributed by atoms with van der Waals surface area (Å²) in [7, 11) is 3.19. The maximum atomic E-state index is 12.0. The molecule has 0 aliphatic carbocycles. The lowest BCUT2D eigenvalue weighted by atomic mass is 10.3. The number of carbonyl (C=O) groups excluding carboxylic acids is 2. The molecule has 1 heterocycles. The minimum absolute atomic E-state index is 0.0810. The minimum atomic E-state index is -0.255. The van der Waals surface area contributed by atoms with Crippen molar-refractivity contribution in [2.75, 3.05) is 46.9 Å². The van der Waals surface area contributed by atoms with E-state index in [-0.39, 0.29) is 18.0 Å². The maximum absolute atomic E-state index is 12.0. The van der Waals surface area contributed by atoms with Crippen LogP contribution >= 0.6 is 0 Å². The molecule has 104 valence electrons. The second-order valence-electron chi connectivity index (χ2n) is 4.59. The molecule has 1 unspecified atom stereocenters. The molecule has 1 rings (SSSR count). The molecule has 0 aromatic rings. The molecule has 1 aliphatic rings. The van der Waals surface area contributed by atoms with Crippen molar-refractivity contribution < 1.29 is 19.1 Å². The van der Waals surface area contributed by atoms with Gasteiger partial charge in [0.25, 0.3) is 0 Å². The molecule has 0 aromatic heterocycles. The number of ether oxygens (including phenoxy) is 2. The van der Waals surface area contributed by atoms with Gasteiger partial charge in [-0.25, -0.2) is 0 Å². The zero-order valence-corrected chi connectivity index (χ0v) is 11.3. The molecule has 0 N–H and O–H groups in total. The first-order valence-corrected chi connectivity index (χ1v) is 6.17. The van der Waals surface area contributed by atoms with Crippen molar-refractivity contribution in [3.8, 4) is 0 Å². The van der Waals surface area contributed by atoms with Gasteiger partial charge >= 0.3 is 5.97 Å². The smallest absolute Gasteiger partial charge is 0.306 e. The number of methoxy groups -OCH3 is 1. The molecule has 6 heteroatoms. The van der Waals surface area contributed by atoms with E-state index in [1.54, 1.807) is 0 Å². The highest BCUT2D eigenvalue weighted by Gasteiger charge is 2.22. The highest BCUT2D eigenvalue weighted by atomic mass is 16.5. The Kier molecular flexibility index (Phi) is 6.07. The number of hydrogen-bond acceptors (Lipinski definition) is 5. The topological polar surface area (TPSA) is 59.1 Å². The standard InChI is InChI=1S/C12H22N2O4/c1-10-8-14(6-7-18-10)11(15)9-13(2)5-4-12(16)17-3/h10H,4-9H2,1-3H3. The van der Waals surface area contributed by atoms with E-state index in [0.29, 0.717) is 39.2 Å². The monoisotopic (exact) mass is 258 g/mol. The summed E-state index contributed by atoms with van der Waals surface area (Å²) in [5.74, 6) is -0.174. The first kappa shape index (κ1) is 14.9. The van der Waals surface area contributed by atoms with Gasteiger partial charge in [-0.2, -0.15) is 0 Å². The summed E-state index contributed by atoms with van der Waals surface area (Å²) in [6, 6.07) is 0. The molecule has 1 saturated heterocycles. The summed E-state index contributed by atoms with van der Waals surface area (Å²) >= 11 is 0. The van der Waals surface area contributed by atoms with Gasteiger partial charge in [0.05, 0.1) is 32.8 Å². The number of amides is 1. The number of nitrogens with zero attached hydrogens (tertiary/aromatic N) is 2. The van der Waals surface area contributed by atoms with Gasteiger partial charge in [0.15, 0.2) is 0 Å². The lowest BCUT2D eigenvalue weighted by Gasteiger charge is -2.32. The zero-order chi connectivity index (χ0) is 13.5. The summed E-state index contributed by atoms with van der Waals surface area (Å²) < 4.78 is 9.95. The summed E-state index contributed by atoms with van der Waals surface area (Å²) in [6.07, 6.45) is 0.405. The van der Waals surface area contributed by atoms with Crippen molar-refractivity contribution in [2.45, 2.75) is 19.4 Å². The van der Waals surface area contributed by atoms with Crippen LogP contribution in [0.25, 0.3) is 0 Å².